The molecule has 0 aliphatic heterocycles. The van der Waals surface area contributed by atoms with Gasteiger partial charge in [-0.1, -0.05) is 13.8 Å². The molecule has 0 radical (unpaired) electrons. The van der Waals surface area contributed by atoms with E-state index in [0.717, 1.165) is 18.9 Å². The Bertz CT molecular complexity index is 102. The van der Waals surface area contributed by atoms with Crippen molar-refractivity contribution in [2.45, 2.75) is 26.7 Å². The monoisotopic (exact) mass is 160 g/mol. The highest BCUT2D eigenvalue weighted by molar-refractivity contribution is 7.80. The molecule has 0 aliphatic rings. The van der Waals surface area contributed by atoms with E-state index in [1.54, 1.807) is 0 Å². The van der Waals surface area contributed by atoms with E-state index in [0.29, 0.717) is 5.11 Å². The number of hydrogen-bond acceptors (Lipinski definition) is 1. The van der Waals surface area contributed by atoms with Crippen LogP contribution in [0.1, 0.15) is 26.7 Å². The highest BCUT2D eigenvalue weighted by Crippen LogP contribution is 2.01. The minimum absolute atomic E-state index is 0.406. The third-order valence-electron chi connectivity index (χ3n) is 1.26. The van der Waals surface area contributed by atoms with Crippen LogP contribution in [0.15, 0.2) is 0 Å². The predicted molar refractivity (Wildman–Crippen MR) is 48.9 cm³/mol. The van der Waals surface area contributed by atoms with Gasteiger partial charge in [0, 0.05) is 6.54 Å². The van der Waals surface area contributed by atoms with Crippen molar-refractivity contribution < 1.29 is 0 Å². The van der Waals surface area contributed by atoms with E-state index < -0.39 is 0 Å². The second-order valence-electron chi connectivity index (χ2n) is 2.83. The molecule has 2 nitrogen and oxygen atoms in total. The van der Waals surface area contributed by atoms with Crippen LogP contribution in [0.3, 0.4) is 0 Å². The van der Waals surface area contributed by atoms with Gasteiger partial charge in [-0.25, -0.2) is 0 Å². The van der Waals surface area contributed by atoms with E-state index in [4.69, 9.17) is 5.73 Å². The number of thiocarbonyl (C=S) groups is 1. The zero-order valence-electron chi connectivity index (χ0n) is 6.68. The quantitative estimate of drug-likeness (QED) is 0.480. The van der Waals surface area contributed by atoms with Crippen molar-refractivity contribution in [3.8, 4) is 0 Å². The van der Waals surface area contributed by atoms with Gasteiger partial charge in [0.05, 0.1) is 0 Å². The molecule has 3 N–H and O–H groups in total. The van der Waals surface area contributed by atoms with Crippen LogP contribution in [0.5, 0.6) is 0 Å². The van der Waals surface area contributed by atoms with Crippen molar-refractivity contribution in [3.63, 3.8) is 0 Å². The summed E-state index contributed by atoms with van der Waals surface area (Å²) in [6.07, 6.45) is 2.38. The maximum atomic E-state index is 5.23. The first-order valence-corrected chi connectivity index (χ1v) is 4.07. The van der Waals surface area contributed by atoms with Crippen molar-refractivity contribution >= 4 is 17.3 Å². The van der Waals surface area contributed by atoms with E-state index in [2.05, 4.69) is 31.4 Å². The SMILES string of the molecule is CC(C)CCCNC(N)=S. The smallest absolute Gasteiger partial charge is 0.163 e. The molecule has 10 heavy (non-hydrogen) atoms. The standard InChI is InChI=1S/C7H16N2S/c1-6(2)4-3-5-9-7(8)10/h6H,3-5H2,1-2H3,(H3,8,9,10). The average molecular weight is 160 g/mol. The zero-order chi connectivity index (χ0) is 7.98. The molecule has 0 amide bonds. The van der Waals surface area contributed by atoms with E-state index >= 15 is 0 Å². The summed E-state index contributed by atoms with van der Waals surface area (Å²) in [7, 11) is 0. The van der Waals surface area contributed by atoms with Gasteiger partial charge in [-0.3, -0.25) is 0 Å². The maximum absolute atomic E-state index is 5.23. The first kappa shape index (κ1) is 9.69. The summed E-state index contributed by atoms with van der Waals surface area (Å²) in [4.78, 5) is 0. The van der Waals surface area contributed by atoms with E-state index in [1.165, 1.54) is 6.42 Å². The first-order chi connectivity index (χ1) is 4.63. The topological polar surface area (TPSA) is 38.0 Å². The molecule has 0 aromatic carbocycles. The Morgan fingerprint density at radius 1 is 1.60 bits per heavy atom. The molecule has 0 aliphatic carbocycles. The molecule has 0 aromatic heterocycles. The summed E-state index contributed by atoms with van der Waals surface area (Å²) in [5.41, 5.74) is 5.23. The molecular formula is C7H16N2S. The predicted octanol–water partition coefficient (Wildman–Crippen LogP) is 1.26. The summed E-state index contributed by atoms with van der Waals surface area (Å²) in [5, 5.41) is 3.32. The van der Waals surface area contributed by atoms with E-state index in [9.17, 15) is 0 Å². The molecule has 0 atom stereocenters. The summed E-state index contributed by atoms with van der Waals surface area (Å²) >= 11 is 4.64. The Balaban J connectivity index is 2.98. The molecule has 0 heterocycles. The number of nitrogens with one attached hydrogen (secondary N) is 1. The molecule has 0 bridgehead atoms. The van der Waals surface area contributed by atoms with Crippen LogP contribution in [-0.4, -0.2) is 11.7 Å². The van der Waals surface area contributed by atoms with Crippen LogP contribution >= 0.6 is 12.2 Å². The van der Waals surface area contributed by atoms with Gasteiger partial charge < -0.3 is 11.1 Å². The van der Waals surface area contributed by atoms with Crippen LogP contribution in [0, 0.1) is 5.92 Å². The van der Waals surface area contributed by atoms with Crippen LogP contribution in [0.4, 0.5) is 0 Å². The molecule has 3 heteroatoms. The van der Waals surface area contributed by atoms with Crippen molar-refractivity contribution in [2.24, 2.45) is 11.7 Å². The summed E-state index contributed by atoms with van der Waals surface area (Å²) < 4.78 is 0. The lowest BCUT2D eigenvalue weighted by Gasteiger charge is -2.04. The van der Waals surface area contributed by atoms with Crippen molar-refractivity contribution in [1.82, 2.24) is 5.32 Å². The third kappa shape index (κ3) is 7.69. The minimum atomic E-state index is 0.406. The Labute approximate surface area is 68.2 Å². The lowest BCUT2D eigenvalue weighted by Crippen LogP contribution is -2.29. The lowest BCUT2D eigenvalue weighted by atomic mass is 10.1. The van der Waals surface area contributed by atoms with E-state index in [1.807, 2.05) is 0 Å². The molecule has 0 aromatic rings. The molecule has 0 saturated carbocycles. The second kappa shape index (κ2) is 5.47. The molecular weight excluding hydrogens is 144 g/mol. The van der Waals surface area contributed by atoms with Crippen LogP contribution in [0.2, 0.25) is 0 Å². The van der Waals surface area contributed by atoms with Crippen LogP contribution in [-0.2, 0) is 0 Å². The Morgan fingerprint density at radius 3 is 2.60 bits per heavy atom. The van der Waals surface area contributed by atoms with Crippen LogP contribution in [0.25, 0.3) is 0 Å². The molecule has 0 rings (SSSR count). The zero-order valence-corrected chi connectivity index (χ0v) is 7.50. The van der Waals surface area contributed by atoms with Gasteiger partial charge in [-0.05, 0) is 31.0 Å². The summed E-state index contributed by atoms with van der Waals surface area (Å²) in [6.45, 7) is 5.33. The highest BCUT2D eigenvalue weighted by Gasteiger charge is 1.92. The Hall–Kier alpha value is -0.310. The summed E-state index contributed by atoms with van der Waals surface area (Å²) in [6, 6.07) is 0. The molecule has 0 fully saturated rings. The molecule has 0 saturated heterocycles. The van der Waals surface area contributed by atoms with Crippen molar-refractivity contribution in [2.75, 3.05) is 6.54 Å². The number of rotatable bonds is 4. The molecule has 0 unspecified atom stereocenters. The average Bonchev–Trinajstić information content (AvgIpc) is 1.79. The van der Waals surface area contributed by atoms with Crippen molar-refractivity contribution in [3.05, 3.63) is 0 Å². The van der Waals surface area contributed by atoms with Gasteiger partial charge in [0.15, 0.2) is 5.11 Å². The van der Waals surface area contributed by atoms with Gasteiger partial charge in [0.1, 0.15) is 0 Å². The van der Waals surface area contributed by atoms with Gasteiger partial charge in [0.2, 0.25) is 0 Å². The van der Waals surface area contributed by atoms with Crippen LogP contribution < -0.4 is 11.1 Å². The fourth-order valence-electron chi connectivity index (χ4n) is 0.722. The van der Waals surface area contributed by atoms with E-state index in [-0.39, 0.29) is 0 Å². The van der Waals surface area contributed by atoms with Gasteiger partial charge in [-0.15, -0.1) is 0 Å². The normalized spacial score (nSPS) is 9.90. The Morgan fingerprint density at radius 2 is 2.20 bits per heavy atom. The van der Waals surface area contributed by atoms with Gasteiger partial charge in [-0.2, -0.15) is 0 Å². The highest BCUT2D eigenvalue weighted by atomic mass is 32.1. The minimum Gasteiger partial charge on any atom is -0.376 e. The summed E-state index contributed by atoms with van der Waals surface area (Å²) in [5.74, 6) is 0.771. The largest absolute Gasteiger partial charge is 0.376 e. The van der Waals surface area contributed by atoms with Crippen molar-refractivity contribution in [1.29, 1.82) is 0 Å². The number of hydrogen-bond donors (Lipinski definition) is 2. The molecule has 0 spiro atoms. The Kier molecular flexibility index (Phi) is 5.30. The first-order valence-electron chi connectivity index (χ1n) is 3.66. The second-order valence-corrected chi connectivity index (χ2v) is 3.27. The fraction of sp³-hybridized carbons (Fsp3) is 0.857. The van der Waals surface area contributed by atoms with Gasteiger partial charge >= 0.3 is 0 Å². The maximum Gasteiger partial charge on any atom is 0.163 e. The lowest BCUT2D eigenvalue weighted by molar-refractivity contribution is 0.552. The fourth-order valence-corrected chi connectivity index (χ4v) is 0.824. The number of nitrogens with two attached hydrogens (primary N) is 1. The molecule has 60 valence electrons. The third-order valence-corrected chi connectivity index (χ3v) is 1.40. The van der Waals surface area contributed by atoms with Gasteiger partial charge in [0.25, 0.3) is 0 Å².